The number of hydrogen-bond donors (Lipinski definition) is 0. The van der Waals surface area contributed by atoms with Crippen molar-refractivity contribution in [3.63, 3.8) is 0 Å². The number of esters is 1. The van der Waals surface area contributed by atoms with Crippen LogP contribution in [0.4, 0.5) is 5.69 Å². The molecule has 0 saturated carbocycles. The summed E-state index contributed by atoms with van der Waals surface area (Å²) >= 11 is 11.8. The molecule has 0 N–H and O–H groups in total. The van der Waals surface area contributed by atoms with Crippen molar-refractivity contribution in [1.82, 2.24) is 10.2 Å². The number of rotatable bonds is 5. The van der Waals surface area contributed by atoms with E-state index in [-0.39, 0.29) is 39.7 Å². The number of non-ortho nitro benzene ring substituents is 1. The lowest BCUT2D eigenvalue weighted by Gasteiger charge is -2.05. The molecule has 0 saturated heterocycles. The van der Waals surface area contributed by atoms with Gasteiger partial charge in [0.1, 0.15) is 0 Å². The molecule has 132 valence electrons. The fourth-order valence-electron chi connectivity index (χ4n) is 2.02. The number of hydrogen-bond acceptors (Lipinski definition) is 7. The van der Waals surface area contributed by atoms with Crippen molar-refractivity contribution in [3.05, 3.63) is 74.1 Å². The Morgan fingerprint density at radius 2 is 1.88 bits per heavy atom. The number of carbonyl (C=O) groups excluding carboxylic acids is 1. The van der Waals surface area contributed by atoms with Gasteiger partial charge in [-0.05, 0) is 24.3 Å². The lowest BCUT2D eigenvalue weighted by Crippen LogP contribution is -2.06. The topological polar surface area (TPSA) is 108 Å². The Balaban J connectivity index is 1.68. The minimum absolute atomic E-state index is 0.0548. The molecule has 0 unspecified atom stereocenters. The largest absolute Gasteiger partial charge is 0.452 e. The molecule has 10 heteroatoms. The monoisotopic (exact) mass is 393 g/mol. The number of carbonyl (C=O) groups is 1. The lowest BCUT2D eigenvalue weighted by molar-refractivity contribution is -0.384. The summed E-state index contributed by atoms with van der Waals surface area (Å²) in [6.45, 7) is -0.262. The van der Waals surface area contributed by atoms with Gasteiger partial charge in [-0.15, -0.1) is 10.2 Å². The van der Waals surface area contributed by atoms with Gasteiger partial charge in [-0.3, -0.25) is 10.1 Å². The molecule has 3 aromatic rings. The summed E-state index contributed by atoms with van der Waals surface area (Å²) in [5.41, 5.74) is 0.564. The smallest absolute Gasteiger partial charge is 0.340 e. The zero-order chi connectivity index (χ0) is 18.7. The van der Waals surface area contributed by atoms with Crippen molar-refractivity contribution >= 4 is 34.9 Å². The van der Waals surface area contributed by atoms with Crippen LogP contribution in [0.1, 0.15) is 16.2 Å². The van der Waals surface area contributed by atoms with Crippen LogP contribution in [0.25, 0.3) is 11.5 Å². The van der Waals surface area contributed by atoms with E-state index in [2.05, 4.69) is 10.2 Å². The van der Waals surface area contributed by atoms with Gasteiger partial charge in [0.05, 0.1) is 20.5 Å². The summed E-state index contributed by atoms with van der Waals surface area (Å²) in [4.78, 5) is 22.2. The summed E-state index contributed by atoms with van der Waals surface area (Å²) < 4.78 is 10.5. The third-order valence-corrected chi connectivity index (χ3v) is 4.11. The first kappa shape index (κ1) is 17.8. The van der Waals surface area contributed by atoms with E-state index < -0.39 is 10.9 Å². The Hall–Kier alpha value is -2.97. The number of nitro benzene ring substituents is 1. The second-order valence-corrected chi connectivity index (χ2v) is 5.77. The Morgan fingerprint density at radius 1 is 1.15 bits per heavy atom. The van der Waals surface area contributed by atoms with Gasteiger partial charge >= 0.3 is 5.97 Å². The number of benzene rings is 2. The van der Waals surface area contributed by atoms with Crippen molar-refractivity contribution < 1.29 is 18.9 Å². The summed E-state index contributed by atoms with van der Waals surface area (Å²) in [7, 11) is 0. The van der Waals surface area contributed by atoms with Crippen LogP contribution in [-0.2, 0) is 11.3 Å². The molecule has 26 heavy (non-hydrogen) atoms. The van der Waals surface area contributed by atoms with E-state index >= 15 is 0 Å². The maximum Gasteiger partial charge on any atom is 0.340 e. The Labute approximate surface area is 156 Å². The van der Waals surface area contributed by atoms with Crippen molar-refractivity contribution in [2.45, 2.75) is 6.61 Å². The van der Waals surface area contributed by atoms with Gasteiger partial charge in [0, 0.05) is 17.7 Å². The molecule has 8 nitrogen and oxygen atoms in total. The van der Waals surface area contributed by atoms with Crippen molar-refractivity contribution in [2.75, 3.05) is 0 Å². The summed E-state index contributed by atoms with van der Waals surface area (Å²) in [6, 6.07) is 10.2. The third-order valence-electron chi connectivity index (χ3n) is 3.29. The zero-order valence-corrected chi connectivity index (χ0v) is 14.4. The molecule has 0 fully saturated rings. The minimum Gasteiger partial charge on any atom is -0.452 e. The Kier molecular flexibility index (Phi) is 5.15. The second kappa shape index (κ2) is 7.51. The van der Waals surface area contributed by atoms with Gasteiger partial charge in [-0.25, -0.2) is 4.79 Å². The average molecular weight is 394 g/mol. The highest BCUT2D eigenvalue weighted by Gasteiger charge is 2.16. The second-order valence-electron chi connectivity index (χ2n) is 4.98. The van der Waals surface area contributed by atoms with Crippen molar-refractivity contribution in [1.29, 1.82) is 0 Å². The molecule has 0 aliphatic carbocycles. The van der Waals surface area contributed by atoms with Gasteiger partial charge in [0.15, 0.2) is 6.61 Å². The van der Waals surface area contributed by atoms with E-state index in [1.807, 2.05) is 0 Å². The normalized spacial score (nSPS) is 10.5. The number of halogens is 2. The average Bonchev–Trinajstić information content (AvgIpc) is 3.11. The molecule has 0 radical (unpaired) electrons. The molecular formula is C16H9Cl2N3O5. The first-order valence-electron chi connectivity index (χ1n) is 7.14. The molecule has 3 rings (SSSR count). The quantitative estimate of drug-likeness (QED) is 0.360. The fraction of sp³-hybridized carbons (Fsp3) is 0.0625. The van der Waals surface area contributed by atoms with E-state index in [1.54, 1.807) is 12.1 Å². The predicted octanol–water partition coefficient (Wildman–Crippen LogP) is 4.31. The van der Waals surface area contributed by atoms with Gasteiger partial charge in [-0.2, -0.15) is 0 Å². The number of nitrogens with zero attached hydrogens (tertiary/aromatic N) is 3. The van der Waals surface area contributed by atoms with Gasteiger partial charge in [0.2, 0.25) is 5.89 Å². The van der Waals surface area contributed by atoms with E-state index in [1.165, 1.54) is 30.3 Å². The maximum absolute atomic E-state index is 12.1. The van der Waals surface area contributed by atoms with E-state index in [0.717, 1.165) is 0 Å². The van der Waals surface area contributed by atoms with Crippen LogP contribution in [0.5, 0.6) is 0 Å². The summed E-state index contributed by atoms with van der Waals surface area (Å²) in [6.07, 6.45) is 0. The molecule has 0 atom stereocenters. The summed E-state index contributed by atoms with van der Waals surface area (Å²) in [5.74, 6) is -0.482. The minimum atomic E-state index is -0.687. The van der Waals surface area contributed by atoms with Gasteiger partial charge in [-0.1, -0.05) is 29.3 Å². The molecular weight excluding hydrogens is 385 g/mol. The Morgan fingerprint density at radius 3 is 2.58 bits per heavy atom. The van der Waals surface area contributed by atoms with E-state index in [0.29, 0.717) is 5.56 Å². The first-order chi connectivity index (χ1) is 12.5. The predicted molar refractivity (Wildman–Crippen MR) is 92.0 cm³/mol. The number of ether oxygens (including phenoxy) is 1. The molecule has 1 heterocycles. The zero-order valence-electron chi connectivity index (χ0n) is 12.9. The molecule has 0 spiro atoms. The first-order valence-corrected chi connectivity index (χ1v) is 7.89. The molecule has 0 aliphatic heterocycles. The van der Waals surface area contributed by atoms with E-state index in [4.69, 9.17) is 32.4 Å². The van der Waals surface area contributed by atoms with Crippen LogP contribution in [-0.4, -0.2) is 21.1 Å². The van der Waals surface area contributed by atoms with Crippen molar-refractivity contribution in [3.8, 4) is 11.5 Å². The maximum atomic E-state index is 12.1. The standard InChI is InChI=1S/C16H9Cl2N3O5/c17-12-3-1-2-11(14(12)18)16(22)25-8-13-19-20-15(26-13)9-4-6-10(7-5-9)21(23)24/h1-7H,8H2. The highest BCUT2D eigenvalue weighted by molar-refractivity contribution is 6.43. The number of aromatic nitrogens is 2. The van der Waals surface area contributed by atoms with Gasteiger partial charge < -0.3 is 9.15 Å². The highest BCUT2D eigenvalue weighted by atomic mass is 35.5. The van der Waals surface area contributed by atoms with Crippen LogP contribution in [0.2, 0.25) is 10.0 Å². The third kappa shape index (κ3) is 3.81. The van der Waals surface area contributed by atoms with Crippen LogP contribution in [0, 0.1) is 10.1 Å². The molecule has 0 aliphatic rings. The Bertz CT molecular complexity index is 972. The highest BCUT2D eigenvalue weighted by Crippen LogP contribution is 2.26. The van der Waals surface area contributed by atoms with Crippen LogP contribution >= 0.6 is 23.2 Å². The van der Waals surface area contributed by atoms with E-state index in [9.17, 15) is 14.9 Å². The van der Waals surface area contributed by atoms with Crippen LogP contribution < -0.4 is 0 Å². The lowest BCUT2D eigenvalue weighted by atomic mass is 10.2. The molecule has 1 aromatic heterocycles. The van der Waals surface area contributed by atoms with Crippen LogP contribution in [0.15, 0.2) is 46.9 Å². The fourth-order valence-corrected chi connectivity index (χ4v) is 2.40. The van der Waals surface area contributed by atoms with Crippen molar-refractivity contribution in [2.24, 2.45) is 0 Å². The number of nitro groups is 1. The van der Waals surface area contributed by atoms with Gasteiger partial charge in [0.25, 0.3) is 11.6 Å². The van der Waals surface area contributed by atoms with Crippen LogP contribution in [0.3, 0.4) is 0 Å². The SMILES string of the molecule is O=C(OCc1nnc(-c2ccc([N+](=O)[O-])cc2)o1)c1cccc(Cl)c1Cl. The summed E-state index contributed by atoms with van der Waals surface area (Å²) in [5, 5.41) is 18.6. The molecule has 0 amide bonds. The molecule has 0 bridgehead atoms. The molecule has 2 aromatic carbocycles.